The number of halogens is 1. The van der Waals surface area contributed by atoms with Gasteiger partial charge in [0.2, 0.25) is 0 Å². The number of anilines is 1. The maximum absolute atomic E-state index is 12.4. The minimum absolute atomic E-state index is 0.124. The fourth-order valence-corrected chi connectivity index (χ4v) is 4.64. The number of fused-ring (bicyclic) bond motifs is 3. The van der Waals surface area contributed by atoms with Crippen LogP contribution in [0.2, 0.25) is 0 Å². The Morgan fingerprint density at radius 1 is 1.40 bits per heavy atom. The van der Waals surface area contributed by atoms with Crippen molar-refractivity contribution in [3.8, 4) is 0 Å². The second-order valence-corrected chi connectivity index (χ2v) is 8.55. The van der Waals surface area contributed by atoms with Gasteiger partial charge in [0.1, 0.15) is 12.4 Å². The summed E-state index contributed by atoms with van der Waals surface area (Å²) in [6.45, 7) is 0.728. The summed E-state index contributed by atoms with van der Waals surface area (Å²) in [5.74, 6) is 0.325. The zero-order chi connectivity index (χ0) is 20.9. The Balaban J connectivity index is 1.44. The van der Waals surface area contributed by atoms with Crippen LogP contribution in [-0.2, 0) is 20.8 Å². The lowest BCUT2D eigenvalue weighted by Gasteiger charge is -2.29. The van der Waals surface area contributed by atoms with Crippen LogP contribution in [0, 0.1) is 3.57 Å². The van der Waals surface area contributed by atoms with Crippen molar-refractivity contribution < 1.29 is 14.3 Å². The van der Waals surface area contributed by atoms with Crippen LogP contribution in [0.15, 0.2) is 36.9 Å². The Bertz CT molecular complexity index is 1120. The van der Waals surface area contributed by atoms with Crippen molar-refractivity contribution in [1.82, 2.24) is 24.8 Å². The minimum atomic E-state index is -1.21. The lowest BCUT2D eigenvalue weighted by molar-refractivity contribution is -0.182. The first-order chi connectivity index (χ1) is 14.5. The number of nitrogens with one attached hydrogen (secondary N) is 2. The summed E-state index contributed by atoms with van der Waals surface area (Å²) in [6.07, 6.45) is 2.02. The summed E-state index contributed by atoms with van der Waals surface area (Å²) in [6, 6.07) is 7.63. The molecule has 1 amide bonds. The lowest BCUT2D eigenvalue weighted by atomic mass is 9.96. The molecule has 30 heavy (non-hydrogen) atoms. The van der Waals surface area contributed by atoms with Crippen molar-refractivity contribution in [3.05, 3.63) is 46.1 Å². The molecule has 156 valence electrons. The highest BCUT2D eigenvalue weighted by molar-refractivity contribution is 14.1. The van der Waals surface area contributed by atoms with Gasteiger partial charge in [-0.2, -0.15) is 0 Å². The first-order valence-electron chi connectivity index (χ1n) is 9.46. The van der Waals surface area contributed by atoms with E-state index >= 15 is 0 Å². The van der Waals surface area contributed by atoms with Crippen LogP contribution in [0.3, 0.4) is 0 Å². The standard InChI is InChI=1S/C19H20IN7O3/c1-22-18(28)19-7-29-13(14(19)21)17(30-19)27-9-26-12-15(24-8-25-16(12)27)23-6-10-3-2-4-11(20)5-10/h2-5,8-9,13-14,17H,6-7,21H2,1H3,(H,22,28)(H,23,24,25)/t13-,14?,17+,19-/m0/s1. The van der Waals surface area contributed by atoms with E-state index in [0.29, 0.717) is 23.5 Å². The van der Waals surface area contributed by atoms with Crippen LogP contribution in [-0.4, -0.2) is 56.8 Å². The molecule has 3 aromatic rings. The quantitative estimate of drug-likeness (QED) is 0.421. The highest BCUT2D eigenvalue weighted by atomic mass is 127. The van der Waals surface area contributed by atoms with Gasteiger partial charge in [0.05, 0.1) is 19.0 Å². The number of nitrogens with zero attached hydrogens (tertiary/aromatic N) is 4. The molecule has 4 heterocycles. The summed E-state index contributed by atoms with van der Waals surface area (Å²) in [5, 5.41) is 5.94. The fraction of sp³-hybridized carbons (Fsp3) is 0.368. The van der Waals surface area contributed by atoms with Crippen molar-refractivity contribution in [1.29, 1.82) is 0 Å². The van der Waals surface area contributed by atoms with Crippen LogP contribution in [0.5, 0.6) is 0 Å². The maximum Gasteiger partial charge on any atom is 0.256 e. The number of likely N-dealkylation sites (N-methyl/N-ethyl adjacent to an activating group) is 1. The van der Waals surface area contributed by atoms with E-state index in [2.05, 4.69) is 54.2 Å². The van der Waals surface area contributed by atoms with E-state index in [-0.39, 0.29) is 12.5 Å². The van der Waals surface area contributed by atoms with Gasteiger partial charge >= 0.3 is 0 Å². The second-order valence-electron chi connectivity index (χ2n) is 7.31. The Kier molecular flexibility index (Phi) is 4.84. The van der Waals surface area contributed by atoms with Gasteiger partial charge in [0.25, 0.3) is 5.91 Å². The molecule has 0 saturated carbocycles. The van der Waals surface area contributed by atoms with Crippen molar-refractivity contribution in [2.45, 2.75) is 30.5 Å². The highest BCUT2D eigenvalue weighted by Gasteiger charge is 2.64. The van der Waals surface area contributed by atoms with E-state index in [1.165, 1.54) is 9.90 Å². The average molecular weight is 521 g/mol. The Labute approximate surface area is 185 Å². The van der Waals surface area contributed by atoms with Crippen molar-refractivity contribution in [2.24, 2.45) is 5.73 Å². The zero-order valence-electron chi connectivity index (χ0n) is 16.1. The summed E-state index contributed by atoms with van der Waals surface area (Å²) in [5.41, 5.74) is 7.41. The molecule has 1 unspecified atom stereocenters. The van der Waals surface area contributed by atoms with Crippen molar-refractivity contribution >= 4 is 45.5 Å². The number of imidazole rings is 1. The molecule has 4 atom stereocenters. The molecular weight excluding hydrogens is 501 g/mol. The average Bonchev–Trinajstić information content (AvgIpc) is 3.42. The summed E-state index contributed by atoms with van der Waals surface area (Å²) in [7, 11) is 1.55. The lowest BCUT2D eigenvalue weighted by Crippen LogP contribution is -2.56. The van der Waals surface area contributed by atoms with Gasteiger partial charge in [-0.15, -0.1) is 0 Å². The summed E-state index contributed by atoms with van der Waals surface area (Å²) < 4.78 is 14.8. The molecule has 2 saturated heterocycles. The monoisotopic (exact) mass is 521 g/mol. The van der Waals surface area contributed by atoms with Crippen molar-refractivity contribution in [2.75, 3.05) is 19.0 Å². The van der Waals surface area contributed by atoms with Crippen molar-refractivity contribution in [3.63, 3.8) is 0 Å². The number of carbonyl (C=O) groups is 1. The molecule has 11 heteroatoms. The van der Waals surface area contributed by atoms with E-state index in [1.54, 1.807) is 17.9 Å². The first-order valence-corrected chi connectivity index (χ1v) is 10.5. The third kappa shape index (κ3) is 2.95. The number of rotatable bonds is 5. The van der Waals surface area contributed by atoms with Crippen LogP contribution in [0.4, 0.5) is 5.82 Å². The summed E-state index contributed by atoms with van der Waals surface area (Å²) >= 11 is 2.28. The molecule has 10 nitrogen and oxygen atoms in total. The molecule has 2 bridgehead atoms. The minimum Gasteiger partial charge on any atom is -0.368 e. The number of amides is 1. The molecule has 0 spiro atoms. The van der Waals surface area contributed by atoms with Gasteiger partial charge in [0.15, 0.2) is 28.8 Å². The zero-order valence-corrected chi connectivity index (χ0v) is 18.2. The molecule has 0 radical (unpaired) electrons. The molecule has 1 aromatic carbocycles. The van der Waals surface area contributed by atoms with Gasteiger partial charge in [-0.1, -0.05) is 12.1 Å². The Morgan fingerprint density at radius 3 is 3.07 bits per heavy atom. The van der Waals surface area contributed by atoms with Gasteiger partial charge in [-0.25, -0.2) is 15.0 Å². The molecule has 4 N–H and O–H groups in total. The summed E-state index contributed by atoms with van der Waals surface area (Å²) in [4.78, 5) is 25.6. The number of hydrogen-bond acceptors (Lipinski definition) is 8. The van der Waals surface area contributed by atoms with E-state index in [0.717, 1.165) is 5.56 Å². The van der Waals surface area contributed by atoms with E-state index in [4.69, 9.17) is 15.2 Å². The molecule has 2 aliphatic rings. The highest BCUT2D eigenvalue weighted by Crippen LogP contribution is 2.44. The number of carbonyl (C=O) groups excluding carboxylic acids is 1. The number of benzene rings is 1. The number of nitrogens with two attached hydrogens (primary N) is 1. The SMILES string of the molecule is CNC(=O)[C@]12CO[C@@H](C1N)[C@H](n1cnc3c(NCc4cccc(I)c4)ncnc31)O2. The van der Waals surface area contributed by atoms with E-state index in [1.807, 2.05) is 18.2 Å². The Morgan fingerprint density at radius 2 is 2.27 bits per heavy atom. The number of ether oxygens (including phenoxy) is 2. The smallest absolute Gasteiger partial charge is 0.256 e. The Hall–Kier alpha value is -2.35. The predicted octanol–water partition coefficient (Wildman–Crippen LogP) is 0.783. The predicted molar refractivity (Wildman–Crippen MR) is 116 cm³/mol. The van der Waals surface area contributed by atoms with Gasteiger partial charge in [-0.3, -0.25) is 9.36 Å². The maximum atomic E-state index is 12.4. The first kappa shape index (κ1) is 19.6. The second kappa shape index (κ2) is 7.41. The van der Waals surface area contributed by atoms with Gasteiger partial charge in [0, 0.05) is 17.2 Å². The molecule has 5 rings (SSSR count). The molecular formula is C19H20IN7O3. The van der Waals surface area contributed by atoms with Crippen LogP contribution >= 0.6 is 22.6 Å². The van der Waals surface area contributed by atoms with Gasteiger partial charge in [-0.05, 0) is 40.3 Å². The van der Waals surface area contributed by atoms with E-state index in [9.17, 15) is 4.79 Å². The molecule has 0 aliphatic carbocycles. The largest absolute Gasteiger partial charge is 0.368 e. The number of aromatic nitrogens is 4. The molecule has 2 aromatic heterocycles. The normalized spacial score (nSPS) is 27.5. The van der Waals surface area contributed by atoms with Crippen LogP contribution in [0.1, 0.15) is 11.8 Å². The molecule has 2 aliphatic heterocycles. The third-order valence-corrected chi connectivity index (χ3v) is 6.26. The third-order valence-electron chi connectivity index (χ3n) is 5.59. The van der Waals surface area contributed by atoms with Crippen LogP contribution < -0.4 is 16.4 Å². The number of hydrogen-bond donors (Lipinski definition) is 3. The van der Waals surface area contributed by atoms with E-state index < -0.39 is 24.0 Å². The van der Waals surface area contributed by atoms with Gasteiger partial charge < -0.3 is 25.8 Å². The topological polar surface area (TPSA) is 129 Å². The molecule has 2 fully saturated rings. The van der Waals surface area contributed by atoms with Crippen LogP contribution in [0.25, 0.3) is 11.2 Å². The fourth-order valence-electron chi connectivity index (χ4n) is 4.04.